The van der Waals surface area contributed by atoms with Crippen LogP contribution < -0.4 is 34.0 Å². The summed E-state index contributed by atoms with van der Waals surface area (Å²) < 4.78 is 146. The minimum Gasteiger partial charge on any atom is -0.481 e. The Morgan fingerprint density at radius 1 is 0.297 bits per heavy atom. The Morgan fingerprint density at radius 3 is 0.724 bits per heavy atom. The van der Waals surface area contributed by atoms with Gasteiger partial charge in [0.2, 0.25) is 11.8 Å². The number of ether oxygens (including phenoxy) is 11. The first-order valence-electron chi connectivity index (χ1n) is 47.6. The number of rotatable bonds is 22. The lowest BCUT2D eigenvalue weighted by atomic mass is 10.2. The first kappa shape index (κ1) is 109. The molecule has 9 saturated heterocycles. The summed E-state index contributed by atoms with van der Waals surface area (Å²) in [4.78, 5) is 79.0. The maximum atomic E-state index is 13.1. The van der Waals surface area contributed by atoms with Crippen LogP contribution >= 0.6 is 34.8 Å². The van der Waals surface area contributed by atoms with Gasteiger partial charge in [0, 0.05) is 179 Å². The zero-order valence-electron chi connectivity index (χ0n) is 84.7. The minimum absolute atomic E-state index is 0.0788. The van der Waals surface area contributed by atoms with Crippen molar-refractivity contribution in [2.45, 2.75) is 127 Å². The lowest BCUT2D eigenvalue weighted by Gasteiger charge is -2.34. The van der Waals surface area contributed by atoms with Crippen molar-refractivity contribution in [3.05, 3.63) is 135 Å². The van der Waals surface area contributed by atoms with E-state index in [-0.39, 0.29) is 51.2 Å². The number of aryl methyl sites for hydroxylation is 5. The molecule has 19 rings (SSSR count). The molecule has 0 aromatic carbocycles. The Morgan fingerprint density at radius 2 is 0.517 bits per heavy atom. The van der Waals surface area contributed by atoms with E-state index in [1.54, 1.807) is 99.2 Å². The average molecular weight is 2150 g/mol. The molecule has 0 bridgehead atoms. The molecule has 0 spiro atoms. The highest BCUT2D eigenvalue weighted by Crippen LogP contribution is 2.38. The fourth-order valence-electron chi connectivity index (χ4n) is 16.3. The largest absolute Gasteiger partial charge is 0.481 e. The zero-order valence-corrected chi connectivity index (χ0v) is 91.1. The molecule has 9 aliphatic heterocycles. The van der Waals surface area contributed by atoms with Crippen LogP contribution in [0.4, 0.5) is 58.2 Å². The van der Waals surface area contributed by atoms with Crippen molar-refractivity contribution in [2.75, 3.05) is 227 Å². The van der Waals surface area contributed by atoms with E-state index in [2.05, 4.69) is 131 Å². The van der Waals surface area contributed by atoms with Gasteiger partial charge in [-0.15, -0.1) is 0 Å². The van der Waals surface area contributed by atoms with Crippen LogP contribution in [0.25, 0.3) is 56.9 Å². The summed E-state index contributed by atoms with van der Waals surface area (Å²) in [5.41, 5.74) is 7.71. The molecule has 9 atom stereocenters. The summed E-state index contributed by atoms with van der Waals surface area (Å²) in [5, 5.41) is 0.803. The van der Waals surface area contributed by atoms with Crippen molar-refractivity contribution in [2.24, 2.45) is 21.8 Å². The molecular formula is C96H126Cl3N25O16S5. The third-order valence-electron chi connectivity index (χ3n) is 24.5. The normalized spacial score (nSPS) is 21.1. The van der Waals surface area contributed by atoms with Crippen LogP contribution in [0, 0.1) is 34.6 Å². The zero-order chi connectivity index (χ0) is 103. The molecular weight excluding hydrogens is 2030 g/mol. The van der Waals surface area contributed by atoms with Crippen molar-refractivity contribution >= 4 is 142 Å². The molecule has 0 amide bonds. The van der Waals surface area contributed by atoms with Gasteiger partial charge in [-0.3, -0.25) is 0 Å². The quantitative estimate of drug-likeness (QED) is 0.0569. The number of halogens is 3. The molecule has 10 aromatic heterocycles. The lowest BCUT2D eigenvalue weighted by Crippen LogP contribution is -2.44. The fraction of sp³-hybridized carbons (Fsp3) is 0.531. The molecule has 2 unspecified atom stereocenters. The van der Waals surface area contributed by atoms with E-state index in [4.69, 9.17) is 112 Å². The van der Waals surface area contributed by atoms with Crippen LogP contribution in [0.1, 0.15) is 70.0 Å². The van der Waals surface area contributed by atoms with Crippen LogP contribution in [0.2, 0.25) is 15.5 Å². The second-order valence-corrected chi connectivity index (χ2v) is 51.1. The standard InChI is InChI=1S/C20H27N5O4S.3C19H24ClN5O3S.C19H27N5O3S/c1-13-7-15(8-19(21-13)27-3)20-22-17(24-30(4,26)16-11-29-12-16)9-18(23-20)25-5-6-28-10-14(25)2;3*1-12-6-14(7-16(20)21-12)19-22-17(24-29(3,26)15-10-28-11-15)8-18(23-19)25-4-5-27-9-13(25)2;1-6-27-18-10-15(9-13(2)20-18)19-21-16(23-28(4,5)25)11-17(22-19)24-7-8-26-12-14(24)3/h7-9,14,16H,5-6,10-12H2,1-4H3;3*6-8,13,15H,4-5,9-11H2,1-3H3;9-11,14H,6-8,12H2,1-5H3/t14-,30?;13-,29?;13-,29+;13-,29-;14-/m11111/s1. The first-order chi connectivity index (χ1) is 69.0. The number of morpholine rings is 5. The van der Waals surface area contributed by atoms with Crippen LogP contribution in [0.15, 0.2) is 113 Å². The summed E-state index contributed by atoms with van der Waals surface area (Å²) in [6.45, 7) is 35.8. The number of pyridine rings is 5. The van der Waals surface area contributed by atoms with Gasteiger partial charge >= 0.3 is 0 Å². The number of hydrogen-bond acceptors (Lipinski definition) is 41. The number of anilines is 5. The summed E-state index contributed by atoms with van der Waals surface area (Å²) in [7, 11) is -10.7. The van der Waals surface area contributed by atoms with Gasteiger partial charge in [-0.1, -0.05) is 34.8 Å². The Labute approximate surface area is 863 Å². The maximum absolute atomic E-state index is 13.1. The van der Waals surface area contributed by atoms with E-state index < -0.39 is 48.6 Å². The molecule has 0 radical (unpaired) electrons. The Kier molecular flexibility index (Phi) is 36.2. The number of aromatic nitrogens is 15. The SMILES string of the molecule is CCOc1cc(-c2nc(N=S(C)(C)=O)cc(N3CCOC[C@H]3C)n2)cc(C)n1.COc1cc(-c2nc(N=S(C)(=O)C3COC3)cc(N3CCOC[C@H]3C)n2)cc(C)n1.Cc1cc(-c2nc(N=S(C)(=O)C3COC3)cc(N3CCOC[C@H]3C)n2)cc(Cl)n1.Cc1cc(-c2nc(N=[S@@](C)(=O)C3COC3)cc(N3CCOC[C@H]3C)n2)cc(Cl)n1.Cc1cc(-c2nc(N=[S@](C)(=O)C3COC3)cc(N3CCOC[C@H]3C)n2)cc(Cl)n1. The number of nitrogens with zero attached hydrogens (tertiary/aromatic N) is 25. The van der Waals surface area contributed by atoms with E-state index >= 15 is 0 Å². The van der Waals surface area contributed by atoms with Crippen molar-refractivity contribution in [1.82, 2.24) is 74.8 Å². The van der Waals surface area contributed by atoms with Crippen molar-refractivity contribution < 1.29 is 73.1 Å². The van der Waals surface area contributed by atoms with Crippen molar-refractivity contribution in [3.63, 3.8) is 0 Å². The van der Waals surface area contributed by atoms with Crippen LogP contribution in [-0.2, 0) is 91.3 Å². The van der Waals surface area contributed by atoms with E-state index in [1.807, 2.05) is 77.9 Å². The molecule has 49 heteroatoms. The first-order valence-corrected chi connectivity index (χ1v) is 59.0. The second kappa shape index (κ2) is 48.1. The highest BCUT2D eigenvalue weighted by molar-refractivity contribution is 7.94. The second-order valence-electron chi connectivity index (χ2n) is 37.1. The van der Waals surface area contributed by atoms with Crippen LogP contribution in [-0.4, -0.2) is 350 Å². The van der Waals surface area contributed by atoms with Gasteiger partial charge in [0.25, 0.3) is 0 Å². The predicted octanol–water partition coefficient (Wildman–Crippen LogP) is 13.6. The van der Waals surface area contributed by atoms with Crippen molar-refractivity contribution in [1.29, 1.82) is 0 Å². The molecule has 19 heterocycles. The summed E-state index contributed by atoms with van der Waals surface area (Å²) in [6, 6.07) is 28.0. The highest BCUT2D eigenvalue weighted by Gasteiger charge is 2.35. The van der Waals surface area contributed by atoms with E-state index in [0.29, 0.717) is 237 Å². The molecule has 0 aliphatic carbocycles. The molecule has 782 valence electrons. The fourth-order valence-corrected chi connectivity index (χ4v) is 22.9. The van der Waals surface area contributed by atoms with Gasteiger partial charge in [0.05, 0.1) is 223 Å². The summed E-state index contributed by atoms with van der Waals surface area (Å²) in [6.07, 6.45) is 9.83. The van der Waals surface area contributed by atoms with Gasteiger partial charge in [0.15, 0.2) is 58.2 Å². The Balaban J connectivity index is 0.000000136. The molecule has 10 aromatic rings. The number of hydrogen-bond donors (Lipinski definition) is 0. The van der Waals surface area contributed by atoms with Crippen molar-refractivity contribution in [3.8, 4) is 68.7 Å². The molecule has 145 heavy (non-hydrogen) atoms. The highest BCUT2D eigenvalue weighted by atomic mass is 35.5. The van der Waals surface area contributed by atoms with Crippen LogP contribution in [0.5, 0.6) is 11.8 Å². The molecule has 9 fully saturated rings. The smallest absolute Gasteiger partial charge is 0.214 e. The summed E-state index contributed by atoms with van der Waals surface area (Å²) >= 11 is 18.4. The maximum Gasteiger partial charge on any atom is 0.214 e. The average Bonchev–Trinajstić information content (AvgIpc) is 0.815. The third-order valence-corrected chi connectivity index (χ3v) is 34.0. The molecule has 0 saturated carbocycles. The minimum atomic E-state index is -2.48. The topological polar surface area (TPSA) is 458 Å². The molecule has 0 N–H and O–H groups in total. The molecule has 9 aliphatic rings. The Bertz CT molecular complexity index is 6570. The van der Waals surface area contributed by atoms with Gasteiger partial charge in [0.1, 0.15) is 44.5 Å². The van der Waals surface area contributed by atoms with E-state index in [1.165, 1.54) is 0 Å². The predicted molar refractivity (Wildman–Crippen MR) is 566 cm³/mol. The van der Waals surface area contributed by atoms with E-state index in [0.717, 1.165) is 91.9 Å². The third kappa shape index (κ3) is 29.2. The van der Waals surface area contributed by atoms with Gasteiger partial charge in [-0.2, -0.15) is 21.8 Å². The monoisotopic (exact) mass is 2150 g/mol. The van der Waals surface area contributed by atoms with Crippen LogP contribution in [0.3, 0.4) is 0 Å². The van der Waals surface area contributed by atoms with Gasteiger partial charge in [-0.05, 0) is 125 Å². The number of methoxy groups -OCH3 is 1. The van der Waals surface area contributed by atoms with E-state index in [9.17, 15) is 21.0 Å². The Hall–Kier alpha value is -9.99. The molecule has 41 nitrogen and oxygen atoms in total. The van der Waals surface area contributed by atoms with Gasteiger partial charge in [-0.25, -0.2) is 95.8 Å². The lowest BCUT2D eigenvalue weighted by molar-refractivity contribution is 0.0430. The van der Waals surface area contributed by atoms with Gasteiger partial charge < -0.3 is 76.6 Å². The summed E-state index contributed by atoms with van der Waals surface area (Å²) in [5.74, 6) is 9.13.